The van der Waals surface area contributed by atoms with Crippen LogP contribution in [0.2, 0.25) is 0 Å². The number of carbonyl (C=O) groups is 3. The van der Waals surface area contributed by atoms with Crippen LogP contribution >= 0.6 is 0 Å². The van der Waals surface area contributed by atoms with Gasteiger partial charge in [0.15, 0.2) is 0 Å². The molecule has 0 bridgehead atoms. The number of carboxylic acid groups (broad SMARTS) is 1. The number of hydrogen-bond donors (Lipinski definition) is 2. The smallest absolute Gasteiger partial charge is 0.305 e. The normalized spacial score (nSPS) is 17.7. The summed E-state index contributed by atoms with van der Waals surface area (Å²) < 4.78 is 5.26. The highest BCUT2D eigenvalue weighted by Gasteiger charge is 2.35. The summed E-state index contributed by atoms with van der Waals surface area (Å²) in [6.07, 6.45) is 1.44. The van der Waals surface area contributed by atoms with Gasteiger partial charge in [-0.15, -0.1) is 0 Å². The van der Waals surface area contributed by atoms with Crippen LogP contribution in [0.15, 0.2) is 47.1 Å². The van der Waals surface area contributed by atoms with E-state index in [0.29, 0.717) is 18.8 Å². The van der Waals surface area contributed by atoms with E-state index in [1.807, 2.05) is 31.2 Å². The molecule has 27 heavy (non-hydrogen) atoms. The molecule has 142 valence electrons. The van der Waals surface area contributed by atoms with Crippen molar-refractivity contribution in [2.45, 2.75) is 32.4 Å². The third kappa shape index (κ3) is 4.55. The first-order valence-corrected chi connectivity index (χ1v) is 8.82. The second-order valence-corrected chi connectivity index (χ2v) is 6.77. The lowest BCUT2D eigenvalue weighted by atomic mass is 9.97. The molecule has 7 nitrogen and oxygen atoms in total. The number of carbonyl (C=O) groups excluding carboxylic acids is 2. The summed E-state index contributed by atoms with van der Waals surface area (Å²) in [5.74, 6) is -1.26. The first-order chi connectivity index (χ1) is 12.9. The van der Waals surface area contributed by atoms with Gasteiger partial charge in [-0.05, 0) is 30.2 Å². The van der Waals surface area contributed by atoms with Crippen molar-refractivity contribution in [3.63, 3.8) is 0 Å². The van der Waals surface area contributed by atoms with Crippen molar-refractivity contribution in [3.05, 3.63) is 59.5 Å². The molecule has 1 aliphatic heterocycles. The van der Waals surface area contributed by atoms with Crippen LogP contribution in [0.3, 0.4) is 0 Å². The summed E-state index contributed by atoms with van der Waals surface area (Å²) in [5, 5.41) is 12.0. The van der Waals surface area contributed by atoms with Crippen LogP contribution in [-0.2, 0) is 20.9 Å². The zero-order chi connectivity index (χ0) is 19.4. The molecule has 1 aliphatic rings. The van der Waals surface area contributed by atoms with Crippen LogP contribution < -0.4 is 5.32 Å². The molecule has 1 aromatic carbocycles. The number of nitrogens with zero attached hydrogens (tertiary/aromatic N) is 1. The zero-order valence-electron chi connectivity index (χ0n) is 15.1. The minimum absolute atomic E-state index is 0.111. The molecule has 7 heteroatoms. The second-order valence-electron chi connectivity index (χ2n) is 6.77. The topological polar surface area (TPSA) is 99.8 Å². The Kier molecular flexibility index (Phi) is 5.59. The Morgan fingerprint density at radius 3 is 2.74 bits per heavy atom. The number of carboxylic acids is 1. The molecule has 0 aliphatic carbocycles. The summed E-state index contributed by atoms with van der Waals surface area (Å²) in [7, 11) is 0. The summed E-state index contributed by atoms with van der Waals surface area (Å²) in [5.41, 5.74) is 1.68. The van der Waals surface area contributed by atoms with Crippen molar-refractivity contribution in [1.82, 2.24) is 10.2 Å². The molecule has 2 aromatic rings. The molecule has 2 heterocycles. The highest BCUT2D eigenvalue weighted by molar-refractivity contribution is 5.89. The SMILES string of the molecule is Cc1ccccc1[C@@H](CC(=O)O)NC(=O)[C@H]1CC(=O)N(Cc2ccco2)C1. The lowest BCUT2D eigenvalue weighted by molar-refractivity contribution is -0.138. The lowest BCUT2D eigenvalue weighted by Crippen LogP contribution is -2.36. The molecule has 2 N–H and O–H groups in total. The van der Waals surface area contributed by atoms with E-state index in [9.17, 15) is 19.5 Å². The molecule has 2 atom stereocenters. The molecular weight excluding hydrogens is 348 g/mol. The van der Waals surface area contributed by atoms with E-state index < -0.39 is 17.9 Å². The van der Waals surface area contributed by atoms with Crippen LogP contribution in [0.5, 0.6) is 0 Å². The maximum Gasteiger partial charge on any atom is 0.305 e. The van der Waals surface area contributed by atoms with Crippen molar-refractivity contribution in [2.24, 2.45) is 5.92 Å². The summed E-state index contributed by atoms with van der Waals surface area (Å²) >= 11 is 0. The van der Waals surface area contributed by atoms with Crippen LogP contribution in [0, 0.1) is 12.8 Å². The van der Waals surface area contributed by atoms with Crippen molar-refractivity contribution in [3.8, 4) is 0 Å². The third-order valence-corrected chi connectivity index (χ3v) is 4.77. The van der Waals surface area contributed by atoms with Crippen molar-refractivity contribution in [1.29, 1.82) is 0 Å². The minimum Gasteiger partial charge on any atom is -0.481 e. The van der Waals surface area contributed by atoms with Gasteiger partial charge in [-0.25, -0.2) is 0 Å². The summed E-state index contributed by atoms with van der Waals surface area (Å²) in [4.78, 5) is 37.8. The van der Waals surface area contributed by atoms with Gasteiger partial charge in [-0.3, -0.25) is 14.4 Å². The van der Waals surface area contributed by atoms with Gasteiger partial charge < -0.3 is 19.7 Å². The highest BCUT2D eigenvalue weighted by Crippen LogP contribution is 2.24. The average molecular weight is 370 g/mol. The fourth-order valence-corrected chi connectivity index (χ4v) is 3.37. The van der Waals surface area contributed by atoms with E-state index >= 15 is 0 Å². The van der Waals surface area contributed by atoms with Gasteiger partial charge in [0.05, 0.1) is 31.2 Å². The molecule has 0 unspecified atom stereocenters. The van der Waals surface area contributed by atoms with Crippen molar-refractivity contribution >= 4 is 17.8 Å². The van der Waals surface area contributed by atoms with E-state index in [4.69, 9.17) is 4.42 Å². The third-order valence-electron chi connectivity index (χ3n) is 4.77. The first-order valence-electron chi connectivity index (χ1n) is 8.82. The van der Waals surface area contributed by atoms with Gasteiger partial charge in [-0.2, -0.15) is 0 Å². The molecule has 2 amide bonds. The highest BCUT2D eigenvalue weighted by atomic mass is 16.4. The van der Waals surface area contributed by atoms with Gasteiger partial charge in [0.1, 0.15) is 5.76 Å². The van der Waals surface area contributed by atoms with Crippen LogP contribution in [-0.4, -0.2) is 34.3 Å². The Hall–Kier alpha value is -3.09. The number of nitrogens with one attached hydrogen (secondary N) is 1. The number of rotatable bonds is 7. The Bertz CT molecular complexity index is 831. The van der Waals surface area contributed by atoms with Crippen molar-refractivity contribution < 1.29 is 23.9 Å². The standard InChI is InChI=1S/C20H22N2O5/c1-13-5-2-3-7-16(13)17(10-19(24)25)21-20(26)14-9-18(23)22(11-14)12-15-6-4-8-27-15/h2-8,14,17H,9-12H2,1H3,(H,21,26)(H,24,25)/t14-,17+/m0/s1. The van der Waals surface area contributed by atoms with E-state index in [1.165, 1.54) is 0 Å². The van der Waals surface area contributed by atoms with Gasteiger partial charge in [0.25, 0.3) is 0 Å². The Balaban J connectivity index is 1.68. The van der Waals surface area contributed by atoms with E-state index in [2.05, 4.69) is 5.32 Å². The quantitative estimate of drug-likeness (QED) is 0.779. The van der Waals surface area contributed by atoms with Crippen LogP contribution in [0.4, 0.5) is 0 Å². The van der Waals surface area contributed by atoms with E-state index in [1.54, 1.807) is 23.3 Å². The van der Waals surface area contributed by atoms with Gasteiger partial charge >= 0.3 is 5.97 Å². The Morgan fingerprint density at radius 2 is 2.07 bits per heavy atom. The number of amides is 2. The molecular formula is C20H22N2O5. The Morgan fingerprint density at radius 1 is 1.30 bits per heavy atom. The molecule has 3 rings (SSSR count). The molecule has 0 spiro atoms. The number of likely N-dealkylation sites (tertiary alicyclic amines) is 1. The summed E-state index contributed by atoms with van der Waals surface area (Å²) in [6.45, 7) is 2.49. The monoisotopic (exact) mass is 370 g/mol. The summed E-state index contributed by atoms with van der Waals surface area (Å²) in [6, 6.07) is 10.3. The lowest BCUT2D eigenvalue weighted by Gasteiger charge is -2.21. The predicted octanol–water partition coefficient (Wildman–Crippen LogP) is 2.27. The van der Waals surface area contributed by atoms with Gasteiger partial charge in [0.2, 0.25) is 11.8 Å². The van der Waals surface area contributed by atoms with Gasteiger partial charge in [0, 0.05) is 13.0 Å². The first kappa shape index (κ1) is 18.7. The number of aryl methyl sites for hydroxylation is 1. The molecule has 1 aromatic heterocycles. The van der Waals surface area contributed by atoms with E-state index in [0.717, 1.165) is 11.1 Å². The maximum absolute atomic E-state index is 12.7. The minimum atomic E-state index is -0.995. The zero-order valence-corrected chi connectivity index (χ0v) is 15.1. The maximum atomic E-state index is 12.7. The molecule has 0 radical (unpaired) electrons. The van der Waals surface area contributed by atoms with Crippen LogP contribution in [0.1, 0.15) is 35.8 Å². The molecule has 1 saturated heterocycles. The van der Waals surface area contributed by atoms with E-state index in [-0.39, 0.29) is 24.7 Å². The number of furan rings is 1. The predicted molar refractivity (Wildman–Crippen MR) is 96.5 cm³/mol. The average Bonchev–Trinajstić information content (AvgIpc) is 3.25. The van der Waals surface area contributed by atoms with Gasteiger partial charge in [-0.1, -0.05) is 24.3 Å². The number of hydrogen-bond acceptors (Lipinski definition) is 4. The number of aliphatic carboxylic acids is 1. The Labute approximate surface area is 157 Å². The second kappa shape index (κ2) is 8.07. The van der Waals surface area contributed by atoms with Crippen LogP contribution in [0.25, 0.3) is 0 Å². The number of benzene rings is 1. The largest absolute Gasteiger partial charge is 0.481 e. The molecule has 1 fully saturated rings. The fourth-order valence-electron chi connectivity index (χ4n) is 3.37. The van der Waals surface area contributed by atoms with Crippen molar-refractivity contribution in [2.75, 3.05) is 6.54 Å². The molecule has 0 saturated carbocycles. The fraction of sp³-hybridized carbons (Fsp3) is 0.350.